The molecule has 0 unspecified atom stereocenters. The number of hydrogen-bond donors (Lipinski definition) is 1. The van der Waals surface area contributed by atoms with E-state index in [2.05, 4.69) is 9.97 Å². The molecule has 104 valence electrons. The molecule has 0 bridgehead atoms. The number of benzene rings is 1. The lowest BCUT2D eigenvalue weighted by molar-refractivity contribution is 0.0694. The largest absolute Gasteiger partial charge is 0.497 e. The van der Waals surface area contributed by atoms with Crippen LogP contribution >= 0.6 is 0 Å². The number of carboxylic acid groups (broad SMARTS) is 1. The van der Waals surface area contributed by atoms with E-state index in [1.54, 1.807) is 7.11 Å². The van der Waals surface area contributed by atoms with Crippen molar-refractivity contribution in [2.45, 2.75) is 6.54 Å². The number of aromatic nitrogens is 2. The summed E-state index contributed by atoms with van der Waals surface area (Å²) in [5, 5.41) is 9.11. The molecule has 0 aliphatic rings. The van der Waals surface area contributed by atoms with Crippen molar-refractivity contribution in [3.05, 3.63) is 48.0 Å². The van der Waals surface area contributed by atoms with Gasteiger partial charge in [-0.2, -0.15) is 0 Å². The Kier molecular flexibility index (Phi) is 4.14. The van der Waals surface area contributed by atoms with E-state index >= 15 is 0 Å². The molecule has 1 aromatic heterocycles. The molecule has 0 saturated carbocycles. The summed E-state index contributed by atoms with van der Waals surface area (Å²) in [6.45, 7) is 0.372. The summed E-state index contributed by atoms with van der Waals surface area (Å²) in [7, 11) is 3.47. The standard InChI is InChI=1S/C14H15N3O3/c1-17(10-4-3-5-11(6-10)20-2)8-13-12(14(18)19)7-15-9-16-13/h3-7,9H,8H2,1-2H3,(H,18,19). The van der Waals surface area contributed by atoms with Gasteiger partial charge in [-0.05, 0) is 12.1 Å². The van der Waals surface area contributed by atoms with Crippen LogP contribution in [0.15, 0.2) is 36.8 Å². The van der Waals surface area contributed by atoms with Crippen molar-refractivity contribution in [1.29, 1.82) is 0 Å². The number of carbonyl (C=O) groups is 1. The Morgan fingerprint density at radius 2 is 2.25 bits per heavy atom. The Bertz CT molecular complexity index is 616. The van der Waals surface area contributed by atoms with Gasteiger partial charge in [0.15, 0.2) is 0 Å². The van der Waals surface area contributed by atoms with Crippen LogP contribution in [0.1, 0.15) is 16.1 Å². The smallest absolute Gasteiger partial charge is 0.339 e. The van der Waals surface area contributed by atoms with Crippen LogP contribution in [-0.4, -0.2) is 35.2 Å². The fraction of sp³-hybridized carbons (Fsp3) is 0.214. The highest BCUT2D eigenvalue weighted by Crippen LogP contribution is 2.21. The molecule has 1 N–H and O–H groups in total. The second kappa shape index (κ2) is 6.01. The first kappa shape index (κ1) is 13.8. The minimum absolute atomic E-state index is 0.113. The zero-order valence-electron chi connectivity index (χ0n) is 11.3. The van der Waals surface area contributed by atoms with Crippen LogP contribution in [0.5, 0.6) is 5.75 Å². The molecule has 0 spiro atoms. The highest BCUT2D eigenvalue weighted by molar-refractivity contribution is 5.88. The maximum Gasteiger partial charge on any atom is 0.339 e. The highest BCUT2D eigenvalue weighted by Gasteiger charge is 2.13. The molecule has 0 aliphatic heterocycles. The molecule has 2 rings (SSSR count). The van der Waals surface area contributed by atoms with Crippen molar-refractivity contribution < 1.29 is 14.6 Å². The molecule has 0 aliphatic carbocycles. The second-order valence-electron chi connectivity index (χ2n) is 4.25. The molecule has 6 heteroatoms. The second-order valence-corrected chi connectivity index (χ2v) is 4.25. The zero-order valence-corrected chi connectivity index (χ0v) is 11.3. The van der Waals surface area contributed by atoms with E-state index in [9.17, 15) is 4.79 Å². The van der Waals surface area contributed by atoms with Crippen LogP contribution in [0.3, 0.4) is 0 Å². The number of carboxylic acids is 1. The zero-order chi connectivity index (χ0) is 14.5. The SMILES string of the molecule is COc1cccc(N(C)Cc2ncncc2C(=O)O)c1. The van der Waals surface area contributed by atoms with Gasteiger partial charge in [0.05, 0.1) is 19.3 Å². The number of aromatic carboxylic acids is 1. The Morgan fingerprint density at radius 1 is 1.45 bits per heavy atom. The molecule has 0 fully saturated rings. The molecular formula is C14H15N3O3. The summed E-state index contributed by atoms with van der Waals surface area (Å²) in [5.41, 5.74) is 1.50. The van der Waals surface area contributed by atoms with Gasteiger partial charge >= 0.3 is 5.97 Å². The molecule has 1 heterocycles. The molecule has 0 saturated heterocycles. The average molecular weight is 273 g/mol. The summed E-state index contributed by atoms with van der Waals surface area (Å²) in [4.78, 5) is 20.8. The van der Waals surface area contributed by atoms with Gasteiger partial charge in [-0.3, -0.25) is 0 Å². The molecule has 0 radical (unpaired) electrons. The average Bonchev–Trinajstić information content (AvgIpc) is 2.47. The van der Waals surface area contributed by atoms with Crippen molar-refractivity contribution in [3.8, 4) is 5.75 Å². The minimum Gasteiger partial charge on any atom is -0.497 e. The fourth-order valence-electron chi connectivity index (χ4n) is 1.82. The lowest BCUT2D eigenvalue weighted by Gasteiger charge is -2.20. The van der Waals surface area contributed by atoms with Gasteiger partial charge in [-0.15, -0.1) is 0 Å². The van der Waals surface area contributed by atoms with E-state index in [1.807, 2.05) is 36.2 Å². The van der Waals surface area contributed by atoms with Crippen LogP contribution in [0.4, 0.5) is 5.69 Å². The van der Waals surface area contributed by atoms with Crippen LogP contribution in [-0.2, 0) is 6.54 Å². The van der Waals surface area contributed by atoms with Gasteiger partial charge in [0.1, 0.15) is 17.6 Å². The first-order chi connectivity index (χ1) is 9.61. The first-order valence-corrected chi connectivity index (χ1v) is 5.99. The van der Waals surface area contributed by atoms with Crippen molar-refractivity contribution in [3.63, 3.8) is 0 Å². The van der Waals surface area contributed by atoms with Crippen molar-refractivity contribution in [2.75, 3.05) is 19.1 Å². The monoisotopic (exact) mass is 273 g/mol. The Balaban J connectivity index is 2.23. The molecule has 0 atom stereocenters. The van der Waals surface area contributed by atoms with Gasteiger partial charge in [-0.1, -0.05) is 6.07 Å². The molecule has 6 nitrogen and oxygen atoms in total. The molecule has 2 aromatic rings. The molecule has 1 aromatic carbocycles. The quantitative estimate of drug-likeness (QED) is 0.895. The van der Waals surface area contributed by atoms with Crippen LogP contribution in [0.25, 0.3) is 0 Å². The number of methoxy groups -OCH3 is 1. The molecule has 0 amide bonds. The number of anilines is 1. The number of nitrogens with zero attached hydrogens (tertiary/aromatic N) is 3. The van der Waals surface area contributed by atoms with E-state index in [0.29, 0.717) is 12.2 Å². The normalized spacial score (nSPS) is 10.1. The maximum absolute atomic E-state index is 11.1. The summed E-state index contributed by atoms with van der Waals surface area (Å²) in [6, 6.07) is 7.53. The van der Waals surface area contributed by atoms with Gasteiger partial charge < -0.3 is 14.7 Å². The lowest BCUT2D eigenvalue weighted by Crippen LogP contribution is -2.19. The third kappa shape index (κ3) is 3.03. The van der Waals surface area contributed by atoms with E-state index in [-0.39, 0.29) is 5.56 Å². The van der Waals surface area contributed by atoms with E-state index in [1.165, 1.54) is 12.5 Å². The van der Waals surface area contributed by atoms with Crippen LogP contribution < -0.4 is 9.64 Å². The highest BCUT2D eigenvalue weighted by atomic mass is 16.5. The summed E-state index contributed by atoms with van der Waals surface area (Å²) in [6.07, 6.45) is 2.66. The third-order valence-corrected chi connectivity index (χ3v) is 2.91. The van der Waals surface area contributed by atoms with Gasteiger partial charge in [0.2, 0.25) is 0 Å². The van der Waals surface area contributed by atoms with E-state index < -0.39 is 5.97 Å². The number of rotatable bonds is 5. The lowest BCUT2D eigenvalue weighted by atomic mass is 10.2. The maximum atomic E-state index is 11.1. The Labute approximate surface area is 116 Å². The van der Waals surface area contributed by atoms with Crippen molar-refractivity contribution >= 4 is 11.7 Å². The summed E-state index contributed by atoms with van der Waals surface area (Å²) < 4.78 is 5.17. The van der Waals surface area contributed by atoms with Crippen LogP contribution in [0, 0.1) is 0 Å². The number of ether oxygens (including phenoxy) is 1. The van der Waals surface area contributed by atoms with Crippen LogP contribution in [0.2, 0.25) is 0 Å². The van der Waals surface area contributed by atoms with Crippen molar-refractivity contribution in [2.24, 2.45) is 0 Å². The Morgan fingerprint density at radius 3 is 2.95 bits per heavy atom. The third-order valence-electron chi connectivity index (χ3n) is 2.91. The predicted octanol–water partition coefficient (Wildman–Crippen LogP) is 1.82. The first-order valence-electron chi connectivity index (χ1n) is 5.99. The fourth-order valence-corrected chi connectivity index (χ4v) is 1.82. The van der Waals surface area contributed by atoms with Gasteiger partial charge in [0, 0.05) is 25.0 Å². The topological polar surface area (TPSA) is 75.5 Å². The van der Waals surface area contributed by atoms with Gasteiger partial charge in [0.25, 0.3) is 0 Å². The van der Waals surface area contributed by atoms with E-state index in [4.69, 9.17) is 9.84 Å². The summed E-state index contributed by atoms with van der Waals surface area (Å²) in [5.74, 6) is -0.282. The molecule has 20 heavy (non-hydrogen) atoms. The van der Waals surface area contributed by atoms with E-state index in [0.717, 1.165) is 11.4 Å². The van der Waals surface area contributed by atoms with Crippen molar-refractivity contribution in [1.82, 2.24) is 9.97 Å². The van der Waals surface area contributed by atoms with Gasteiger partial charge in [-0.25, -0.2) is 14.8 Å². The summed E-state index contributed by atoms with van der Waals surface area (Å²) >= 11 is 0. The number of hydrogen-bond acceptors (Lipinski definition) is 5. The predicted molar refractivity (Wildman–Crippen MR) is 74.1 cm³/mol. The minimum atomic E-state index is -1.03. The Hall–Kier alpha value is -2.63. The molecular weight excluding hydrogens is 258 g/mol.